The van der Waals surface area contributed by atoms with Crippen LogP contribution in [0.5, 0.6) is 0 Å². The first-order chi connectivity index (χ1) is 9.22. The van der Waals surface area contributed by atoms with Crippen molar-refractivity contribution in [2.24, 2.45) is 0 Å². The molecule has 1 aliphatic heterocycles. The van der Waals surface area contributed by atoms with E-state index in [9.17, 15) is 0 Å². The number of nitrogens with one attached hydrogen (secondary N) is 1. The summed E-state index contributed by atoms with van der Waals surface area (Å²) in [6.45, 7) is 4.86. The summed E-state index contributed by atoms with van der Waals surface area (Å²) in [6, 6.07) is 5.74. The van der Waals surface area contributed by atoms with Crippen molar-refractivity contribution in [1.82, 2.24) is 5.32 Å². The molecule has 1 saturated heterocycles. The molecule has 1 aliphatic rings. The van der Waals surface area contributed by atoms with Gasteiger partial charge in [-0.1, -0.05) is 36.2 Å². The summed E-state index contributed by atoms with van der Waals surface area (Å²) in [6.07, 6.45) is 0.779. The molecule has 2 atom stereocenters. The number of likely N-dealkylation sites (N-methyl/N-ethyl adjacent to an activating group) is 1. The molecule has 1 heterocycles. The van der Waals surface area contributed by atoms with E-state index in [0.29, 0.717) is 29.9 Å². The predicted octanol–water partition coefficient (Wildman–Crippen LogP) is 2.93. The second-order valence-corrected chi connectivity index (χ2v) is 5.37. The van der Waals surface area contributed by atoms with Gasteiger partial charge in [-0.2, -0.15) is 0 Å². The van der Waals surface area contributed by atoms with E-state index in [1.807, 2.05) is 18.2 Å². The highest BCUT2D eigenvalue weighted by molar-refractivity contribution is 6.36. The van der Waals surface area contributed by atoms with Gasteiger partial charge >= 0.3 is 0 Å². The molecule has 2 unspecified atom stereocenters. The molecule has 0 saturated carbocycles. The lowest BCUT2D eigenvalue weighted by Gasteiger charge is -2.31. The van der Waals surface area contributed by atoms with Gasteiger partial charge in [0.2, 0.25) is 0 Å². The van der Waals surface area contributed by atoms with Crippen LogP contribution in [0.1, 0.15) is 12.5 Å². The Morgan fingerprint density at radius 3 is 2.63 bits per heavy atom. The Kier molecular flexibility index (Phi) is 5.92. The molecule has 1 N–H and O–H groups in total. The summed E-state index contributed by atoms with van der Waals surface area (Å²) in [5, 5.41) is 4.84. The van der Waals surface area contributed by atoms with Crippen LogP contribution in [-0.2, 0) is 15.9 Å². The van der Waals surface area contributed by atoms with Gasteiger partial charge in [0, 0.05) is 16.1 Å². The quantitative estimate of drug-likeness (QED) is 0.907. The van der Waals surface area contributed by atoms with E-state index >= 15 is 0 Å². The molecule has 1 aromatic rings. The Balaban J connectivity index is 2.11. The Labute approximate surface area is 124 Å². The monoisotopic (exact) mass is 303 g/mol. The molecule has 0 spiro atoms. The minimum absolute atomic E-state index is 0.0426. The zero-order valence-electron chi connectivity index (χ0n) is 11.0. The lowest BCUT2D eigenvalue weighted by Crippen LogP contribution is -2.48. The van der Waals surface area contributed by atoms with Gasteiger partial charge < -0.3 is 14.8 Å². The molecule has 106 valence electrons. The minimum atomic E-state index is 0.0426. The number of rotatable bonds is 5. The molecule has 19 heavy (non-hydrogen) atoms. The molecule has 0 aromatic heterocycles. The maximum atomic E-state index is 6.23. The first kappa shape index (κ1) is 15.1. The van der Waals surface area contributed by atoms with E-state index in [2.05, 4.69) is 12.2 Å². The molecule has 0 radical (unpaired) electrons. The van der Waals surface area contributed by atoms with Gasteiger partial charge in [0.25, 0.3) is 0 Å². The molecule has 1 fully saturated rings. The molecule has 3 nitrogen and oxygen atoms in total. The summed E-state index contributed by atoms with van der Waals surface area (Å²) in [5.74, 6) is 0. The minimum Gasteiger partial charge on any atom is -0.376 e. The van der Waals surface area contributed by atoms with Crippen LogP contribution in [0.3, 0.4) is 0 Å². The van der Waals surface area contributed by atoms with Crippen molar-refractivity contribution in [3.05, 3.63) is 33.8 Å². The van der Waals surface area contributed by atoms with Crippen LogP contribution < -0.4 is 5.32 Å². The Morgan fingerprint density at radius 2 is 2.05 bits per heavy atom. The van der Waals surface area contributed by atoms with Crippen molar-refractivity contribution in [2.75, 3.05) is 26.4 Å². The lowest BCUT2D eigenvalue weighted by molar-refractivity contribution is -0.101. The number of ether oxygens (including phenoxy) is 2. The smallest absolute Gasteiger partial charge is 0.0965 e. The zero-order valence-corrected chi connectivity index (χ0v) is 12.5. The molecule has 5 heteroatoms. The van der Waals surface area contributed by atoms with Gasteiger partial charge in [-0.3, -0.25) is 0 Å². The lowest BCUT2D eigenvalue weighted by atomic mass is 10.0. The van der Waals surface area contributed by atoms with Gasteiger partial charge in [-0.25, -0.2) is 0 Å². The van der Waals surface area contributed by atoms with Crippen LogP contribution >= 0.6 is 23.2 Å². The highest BCUT2D eigenvalue weighted by Crippen LogP contribution is 2.26. The zero-order chi connectivity index (χ0) is 13.7. The summed E-state index contributed by atoms with van der Waals surface area (Å²) in [7, 11) is 0. The average Bonchev–Trinajstić information content (AvgIpc) is 2.43. The third-order valence-electron chi connectivity index (χ3n) is 3.24. The van der Waals surface area contributed by atoms with Crippen LogP contribution in [0.15, 0.2) is 18.2 Å². The normalized spacial score (nSPS) is 21.3. The maximum Gasteiger partial charge on any atom is 0.0965 e. The van der Waals surface area contributed by atoms with E-state index in [1.54, 1.807) is 0 Å². The molecule has 0 amide bonds. The van der Waals surface area contributed by atoms with E-state index in [4.69, 9.17) is 32.7 Å². The third kappa shape index (κ3) is 4.07. The Hall–Kier alpha value is -0.320. The molecule has 1 aromatic carbocycles. The van der Waals surface area contributed by atoms with Crippen molar-refractivity contribution in [3.8, 4) is 0 Å². The first-order valence-corrected chi connectivity index (χ1v) is 7.33. The average molecular weight is 304 g/mol. The number of hydrogen-bond acceptors (Lipinski definition) is 3. The van der Waals surface area contributed by atoms with Crippen LogP contribution in [0.4, 0.5) is 0 Å². The SMILES string of the molecule is CCNC(Cc1c(Cl)cccc1Cl)C1COCCO1. The van der Waals surface area contributed by atoms with Crippen LogP contribution in [-0.4, -0.2) is 38.5 Å². The summed E-state index contributed by atoms with van der Waals surface area (Å²) >= 11 is 12.5. The predicted molar refractivity (Wildman–Crippen MR) is 78.2 cm³/mol. The van der Waals surface area contributed by atoms with Crippen molar-refractivity contribution in [2.45, 2.75) is 25.5 Å². The van der Waals surface area contributed by atoms with Crippen LogP contribution in [0.25, 0.3) is 0 Å². The standard InChI is InChI=1S/C14H19Cl2NO2/c1-2-17-13(14-9-18-6-7-19-14)8-10-11(15)4-3-5-12(10)16/h3-5,13-14,17H,2,6-9H2,1H3. The van der Waals surface area contributed by atoms with Crippen molar-refractivity contribution < 1.29 is 9.47 Å². The van der Waals surface area contributed by atoms with Crippen LogP contribution in [0, 0.1) is 0 Å². The Morgan fingerprint density at radius 1 is 1.32 bits per heavy atom. The van der Waals surface area contributed by atoms with E-state index in [-0.39, 0.29) is 12.1 Å². The van der Waals surface area contributed by atoms with E-state index in [0.717, 1.165) is 18.5 Å². The molecule has 0 aliphatic carbocycles. The van der Waals surface area contributed by atoms with Gasteiger partial charge in [0.1, 0.15) is 0 Å². The second kappa shape index (κ2) is 7.46. The van der Waals surface area contributed by atoms with Gasteiger partial charge in [0.05, 0.1) is 25.9 Å². The molecule has 0 bridgehead atoms. The van der Waals surface area contributed by atoms with Gasteiger partial charge in [-0.05, 0) is 30.7 Å². The largest absolute Gasteiger partial charge is 0.376 e. The third-order valence-corrected chi connectivity index (χ3v) is 3.95. The summed E-state index contributed by atoms with van der Waals surface area (Å²) < 4.78 is 11.2. The number of benzene rings is 1. The summed E-state index contributed by atoms with van der Waals surface area (Å²) in [4.78, 5) is 0. The fourth-order valence-corrected chi connectivity index (χ4v) is 2.83. The number of hydrogen-bond donors (Lipinski definition) is 1. The molecule has 2 rings (SSSR count). The summed E-state index contributed by atoms with van der Waals surface area (Å²) in [5.41, 5.74) is 0.964. The Bertz CT molecular complexity index is 388. The maximum absolute atomic E-state index is 6.23. The van der Waals surface area contributed by atoms with E-state index < -0.39 is 0 Å². The van der Waals surface area contributed by atoms with Crippen molar-refractivity contribution in [1.29, 1.82) is 0 Å². The highest BCUT2D eigenvalue weighted by atomic mass is 35.5. The van der Waals surface area contributed by atoms with Crippen molar-refractivity contribution in [3.63, 3.8) is 0 Å². The van der Waals surface area contributed by atoms with Crippen molar-refractivity contribution >= 4 is 23.2 Å². The van der Waals surface area contributed by atoms with Crippen LogP contribution in [0.2, 0.25) is 10.0 Å². The fourth-order valence-electron chi connectivity index (χ4n) is 2.28. The highest BCUT2D eigenvalue weighted by Gasteiger charge is 2.26. The van der Waals surface area contributed by atoms with Gasteiger partial charge in [0.15, 0.2) is 0 Å². The second-order valence-electron chi connectivity index (χ2n) is 4.55. The van der Waals surface area contributed by atoms with Gasteiger partial charge in [-0.15, -0.1) is 0 Å². The first-order valence-electron chi connectivity index (χ1n) is 6.58. The molecular weight excluding hydrogens is 285 g/mol. The fraction of sp³-hybridized carbons (Fsp3) is 0.571. The topological polar surface area (TPSA) is 30.5 Å². The van der Waals surface area contributed by atoms with E-state index in [1.165, 1.54) is 0 Å². The number of halogens is 2. The molecular formula is C14H19Cl2NO2.